The van der Waals surface area contributed by atoms with E-state index in [4.69, 9.17) is 0 Å². The van der Waals surface area contributed by atoms with E-state index in [0.717, 1.165) is 23.6 Å². The quantitative estimate of drug-likeness (QED) is 0.648. The molecule has 0 fully saturated rings. The number of ketones is 1. The first-order chi connectivity index (χ1) is 6.92. The van der Waals surface area contributed by atoms with Gasteiger partial charge in [0.2, 0.25) is 0 Å². The van der Waals surface area contributed by atoms with Crippen molar-refractivity contribution in [3.05, 3.63) is 23.4 Å². The van der Waals surface area contributed by atoms with Crippen molar-refractivity contribution in [2.45, 2.75) is 20.8 Å². The van der Waals surface area contributed by atoms with Crippen LogP contribution in [0.15, 0.2) is 12.1 Å². The highest BCUT2D eigenvalue weighted by atomic mass is 16.1. The summed E-state index contributed by atoms with van der Waals surface area (Å²) in [5.74, 6) is 1.02. The normalized spacial score (nSPS) is 18.9. The highest BCUT2D eigenvalue weighted by molar-refractivity contribution is 6.06. The number of hydrogen-bond donors (Lipinski definition) is 0. The first-order valence-corrected chi connectivity index (χ1v) is 5.15. The summed E-state index contributed by atoms with van der Waals surface area (Å²) in [7, 11) is 1.99. The van der Waals surface area contributed by atoms with Crippen molar-refractivity contribution in [2.24, 2.45) is 5.41 Å². The zero-order chi connectivity index (χ0) is 11.2. The number of carbonyl (C=O) groups excluding carboxylic acids is 1. The Morgan fingerprint density at radius 3 is 2.73 bits per heavy atom. The van der Waals surface area contributed by atoms with Gasteiger partial charge in [0, 0.05) is 24.7 Å². The number of nitrogens with zero attached hydrogens (tertiary/aromatic N) is 2. The monoisotopic (exact) mass is 204 g/mol. The van der Waals surface area contributed by atoms with E-state index in [1.807, 2.05) is 40.0 Å². The van der Waals surface area contributed by atoms with E-state index < -0.39 is 0 Å². The molecule has 0 radical (unpaired) electrons. The molecule has 3 heteroatoms. The van der Waals surface area contributed by atoms with Gasteiger partial charge in [-0.15, -0.1) is 0 Å². The number of Topliss-reactive ketones (excluding diaryl/α,β-unsaturated/α-hetero) is 1. The Hall–Kier alpha value is -1.38. The first kappa shape index (κ1) is 10.1. The lowest BCUT2D eigenvalue weighted by Gasteiger charge is -2.36. The van der Waals surface area contributed by atoms with Crippen LogP contribution in [0, 0.1) is 12.3 Å². The largest absolute Gasteiger partial charge is 0.358 e. The van der Waals surface area contributed by atoms with Crippen LogP contribution in [-0.4, -0.2) is 24.4 Å². The number of anilines is 1. The third kappa shape index (κ3) is 1.52. The summed E-state index contributed by atoms with van der Waals surface area (Å²) in [6.07, 6.45) is 0. The van der Waals surface area contributed by atoms with Crippen molar-refractivity contribution >= 4 is 11.6 Å². The highest BCUT2D eigenvalue weighted by Crippen LogP contribution is 2.33. The lowest BCUT2D eigenvalue weighted by molar-refractivity contribution is 0.0835. The maximum atomic E-state index is 12.1. The smallest absolute Gasteiger partial charge is 0.173 e. The summed E-state index contributed by atoms with van der Waals surface area (Å²) >= 11 is 0. The molecule has 0 bridgehead atoms. The molecule has 0 saturated heterocycles. The van der Waals surface area contributed by atoms with Crippen LogP contribution in [-0.2, 0) is 0 Å². The second-order valence-electron chi connectivity index (χ2n) is 4.89. The van der Waals surface area contributed by atoms with E-state index in [-0.39, 0.29) is 11.2 Å². The lowest BCUT2D eigenvalue weighted by Crippen LogP contribution is -2.43. The van der Waals surface area contributed by atoms with E-state index in [1.165, 1.54) is 0 Å². The molecule has 0 amide bonds. The summed E-state index contributed by atoms with van der Waals surface area (Å²) in [4.78, 5) is 18.6. The van der Waals surface area contributed by atoms with Gasteiger partial charge in [-0.05, 0) is 19.1 Å². The van der Waals surface area contributed by atoms with Gasteiger partial charge in [-0.3, -0.25) is 4.79 Å². The van der Waals surface area contributed by atoms with Crippen LogP contribution in [0.4, 0.5) is 5.82 Å². The van der Waals surface area contributed by atoms with E-state index in [2.05, 4.69) is 9.88 Å². The number of fused-ring (bicyclic) bond motifs is 1. The summed E-state index contributed by atoms with van der Waals surface area (Å²) in [6.45, 7) is 6.64. The van der Waals surface area contributed by atoms with Crippen LogP contribution in [0.25, 0.3) is 0 Å². The van der Waals surface area contributed by atoms with Crippen LogP contribution in [0.2, 0.25) is 0 Å². The minimum atomic E-state index is -0.307. The molecule has 1 aliphatic heterocycles. The average molecular weight is 204 g/mol. The van der Waals surface area contributed by atoms with Crippen LogP contribution >= 0.6 is 0 Å². The molecular weight excluding hydrogens is 188 g/mol. The van der Waals surface area contributed by atoms with E-state index in [0.29, 0.717) is 0 Å². The molecule has 2 heterocycles. The highest BCUT2D eigenvalue weighted by Gasteiger charge is 2.37. The maximum Gasteiger partial charge on any atom is 0.173 e. The Morgan fingerprint density at radius 2 is 2.07 bits per heavy atom. The van der Waals surface area contributed by atoms with Gasteiger partial charge in [0.15, 0.2) is 5.78 Å². The second-order valence-corrected chi connectivity index (χ2v) is 4.89. The zero-order valence-corrected chi connectivity index (χ0v) is 9.66. The van der Waals surface area contributed by atoms with Crippen LogP contribution in [0.3, 0.4) is 0 Å². The third-order valence-corrected chi connectivity index (χ3v) is 2.87. The predicted octanol–water partition coefficient (Wildman–Crippen LogP) is 2.05. The molecule has 0 unspecified atom stereocenters. The minimum Gasteiger partial charge on any atom is -0.358 e. The number of carbonyl (C=O) groups is 1. The molecule has 1 aromatic heterocycles. The van der Waals surface area contributed by atoms with Crippen molar-refractivity contribution in [2.75, 3.05) is 18.5 Å². The fourth-order valence-electron chi connectivity index (χ4n) is 2.12. The van der Waals surface area contributed by atoms with Crippen LogP contribution < -0.4 is 4.90 Å². The standard InChI is InChI=1S/C12H16N2O/c1-8-5-6-9-10(15)12(2,3)7-14(4)11(9)13-8/h5-6H,7H2,1-4H3. The molecule has 0 atom stereocenters. The Labute approximate surface area is 90.1 Å². The molecule has 1 aromatic rings. The number of pyridine rings is 1. The van der Waals surface area contributed by atoms with Crippen LogP contribution in [0.1, 0.15) is 29.9 Å². The zero-order valence-electron chi connectivity index (χ0n) is 9.66. The number of aryl methyl sites for hydroxylation is 1. The summed E-state index contributed by atoms with van der Waals surface area (Å²) in [6, 6.07) is 3.78. The molecular formula is C12H16N2O. The van der Waals surface area contributed by atoms with Gasteiger partial charge in [0.25, 0.3) is 0 Å². The summed E-state index contributed by atoms with van der Waals surface area (Å²) in [5, 5.41) is 0. The maximum absolute atomic E-state index is 12.1. The second kappa shape index (κ2) is 3.05. The fourth-order valence-corrected chi connectivity index (χ4v) is 2.12. The molecule has 0 aliphatic carbocycles. The van der Waals surface area contributed by atoms with Gasteiger partial charge >= 0.3 is 0 Å². The Morgan fingerprint density at radius 1 is 1.40 bits per heavy atom. The van der Waals surface area contributed by atoms with Gasteiger partial charge in [-0.25, -0.2) is 4.98 Å². The third-order valence-electron chi connectivity index (χ3n) is 2.87. The summed E-state index contributed by atoms with van der Waals surface area (Å²) < 4.78 is 0. The van der Waals surface area contributed by atoms with Crippen molar-refractivity contribution in [3.8, 4) is 0 Å². The summed E-state index contributed by atoms with van der Waals surface area (Å²) in [5.41, 5.74) is 1.39. The van der Waals surface area contributed by atoms with Gasteiger partial charge < -0.3 is 4.90 Å². The van der Waals surface area contributed by atoms with E-state index >= 15 is 0 Å². The predicted molar refractivity (Wildman–Crippen MR) is 60.4 cm³/mol. The number of aromatic nitrogens is 1. The Kier molecular flexibility index (Phi) is 2.07. The van der Waals surface area contributed by atoms with Gasteiger partial charge in [-0.1, -0.05) is 13.8 Å². The van der Waals surface area contributed by atoms with E-state index in [1.54, 1.807) is 0 Å². The molecule has 3 nitrogen and oxygen atoms in total. The Balaban J connectivity index is 2.59. The van der Waals surface area contributed by atoms with Gasteiger partial charge in [0.05, 0.1) is 5.56 Å². The molecule has 0 aromatic carbocycles. The van der Waals surface area contributed by atoms with Crippen molar-refractivity contribution < 1.29 is 4.79 Å². The van der Waals surface area contributed by atoms with Crippen molar-refractivity contribution in [1.29, 1.82) is 0 Å². The molecule has 0 saturated carbocycles. The Bertz CT molecular complexity index is 424. The van der Waals surface area contributed by atoms with Crippen LogP contribution in [0.5, 0.6) is 0 Å². The molecule has 80 valence electrons. The van der Waals surface area contributed by atoms with Gasteiger partial charge in [0.1, 0.15) is 5.82 Å². The van der Waals surface area contributed by atoms with Crippen molar-refractivity contribution in [3.63, 3.8) is 0 Å². The fraction of sp³-hybridized carbons (Fsp3) is 0.500. The SMILES string of the molecule is Cc1ccc2c(n1)N(C)CC(C)(C)C2=O. The average Bonchev–Trinajstić information content (AvgIpc) is 2.14. The molecule has 15 heavy (non-hydrogen) atoms. The van der Waals surface area contributed by atoms with Gasteiger partial charge in [-0.2, -0.15) is 0 Å². The number of hydrogen-bond acceptors (Lipinski definition) is 3. The number of rotatable bonds is 0. The van der Waals surface area contributed by atoms with Crippen molar-refractivity contribution in [1.82, 2.24) is 4.98 Å². The minimum absolute atomic E-state index is 0.197. The topological polar surface area (TPSA) is 33.2 Å². The lowest BCUT2D eigenvalue weighted by atomic mass is 9.81. The van der Waals surface area contributed by atoms with E-state index in [9.17, 15) is 4.79 Å². The molecule has 0 N–H and O–H groups in total. The molecule has 1 aliphatic rings. The molecule has 2 rings (SSSR count). The first-order valence-electron chi connectivity index (χ1n) is 5.15. The molecule has 0 spiro atoms.